The van der Waals surface area contributed by atoms with E-state index in [0.29, 0.717) is 21.4 Å². The fraction of sp³-hybridized carbons (Fsp3) is 0.263. The highest BCUT2D eigenvalue weighted by Gasteiger charge is 2.14. The maximum absolute atomic E-state index is 12.5. The molecule has 0 N–H and O–H groups in total. The summed E-state index contributed by atoms with van der Waals surface area (Å²) in [6, 6.07) is 8.37. The van der Waals surface area contributed by atoms with E-state index < -0.39 is 5.97 Å². The number of carbonyl (C=O) groups excluding carboxylic acids is 1. The first-order chi connectivity index (χ1) is 11.8. The predicted octanol–water partition coefficient (Wildman–Crippen LogP) is 5.44. The fourth-order valence-corrected chi connectivity index (χ4v) is 2.39. The molecule has 2 rings (SSSR count). The second-order valence-electron chi connectivity index (χ2n) is 5.74. The van der Waals surface area contributed by atoms with Gasteiger partial charge in [0, 0.05) is 19.7 Å². The lowest BCUT2D eigenvalue weighted by Gasteiger charge is -2.12. The van der Waals surface area contributed by atoms with Gasteiger partial charge in [0.2, 0.25) is 0 Å². The van der Waals surface area contributed by atoms with Gasteiger partial charge in [-0.25, -0.2) is 9.79 Å². The number of benzene rings is 2. The summed E-state index contributed by atoms with van der Waals surface area (Å²) in [5.74, 6) is -0.0942. The average Bonchev–Trinajstić information content (AvgIpc) is 2.58. The topological polar surface area (TPSA) is 41.9 Å². The van der Waals surface area contributed by atoms with Crippen LogP contribution in [0.2, 0.25) is 10.0 Å². The smallest absolute Gasteiger partial charge is 0.343 e. The third-order valence-electron chi connectivity index (χ3n) is 3.76. The molecule has 2 aromatic carbocycles. The van der Waals surface area contributed by atoms with Crippen LogP contribution >= 0.6 is 23.2 Å². The second kappa shape index (κ2) is 8.37. The van der Waals surface area contributed by atoms with E-state index in [9.17, 15) is 4.79 Å². The van der Waals surface area contributed by atoms with Crippen molar-refractivity contribution in [2.75, 3.05) is 13.6 Å². The number of aryl methyl sites for hydroxylation is 2. The van der Waals surface area contributed by atoms with Gasteiger partial charge >= 0.3 is 5.97 Å². The molecule has 0 aliphatic carbocycles. The van der Waals surface area contributed by atoms with Crippen LogP contribution in [0.5, 0.6) is 5.75 Å². The Labute approximate surface area is 158 Å². The van der Waals surface area contributed by atoms with E-state index in [0.717, 1.165) is 23.4 Å². The minimum atomic E-state index is -0.444. The molecule has 25 heavy (non-hydrogen) atoms. The number of carbonyl (C=O) groups is 1. The highest BCUT2D eigenvalue weighted by molar-refractivity contribution is 6.42. The highest BCUT2D eigenvalue weighted by Crippen LogP contribution is 2.28. The lowest BCUT2D eigenvalue weighted by Crippen LogP contribution is -2.14. The Morgan fingerprint density at radius 1 is 1.16 bits per heavy atom. The molecule has 2 aromatic rings. The SMILES string of the molecule is CCN(C)C=Nc1cc(C)c(C(=O)Oc2ccc(Cl)c(Cl)c2)cc1C. The first kappa shape index (κ1) is 19.3. The van der Waals surface area contributed by atoms with E-state index in [-0.39, 0.29) is 0 Å². The molecule has 0 spiro atoms. The summed E-state index contributed by atoms with van der Waals surface area (Å²) in [5, 5.41) is 0.748. The summed E-state index contributed by atoms with van der Waals surface area (Å²) in [6.07, 6.45) is 1.77. The van der Waals surface area contributed by atoms with E-state index in [4.69, 9.17) is 27.9 Å². The van der Waals surface area contributed by atoms with Crippen LogP contribution in [-0.2, 0) is 0 Å². The summed E-state index contributed by atoms with van der Waals surface area (Å²) in [7, 11) is 1.95. The Hall–Kier alpha value is -2.04. The molecule has 0 bridgehead atoms. The summed E-state index contributed by atoms with van der Waals surface area (Å²) < 4.78 is 5.40. The molecule has 0 heterocycles. The van der Waals surface area contributed by atoms with Crippen LogP contribution in [0.25, 0.3) is 0 Å². The molecule has 132 valence electrons. The van der Waals surface area contributed by atoms with Crippen molar-refractivity contribution in [3.8, 4) is 5.75 Å². The maximum atomic E-state index is 12.5. The summed E-state index contributed by atoms with van der Waals surface area (Å²) >= 11 is 11.8. The largest absolute Gasteiger partial charge is 0.423 e. The van der Waals surface area contributed by atoms with Gasteiger partial charge in [-0.05, 0) is 56.2 Å². The standard InChI is InChI=1S/C19H20Cl2N2O2/c1-5-23(4)11-22-18-9-12(2)15(8-13(18)3)19(24)25-14-6-7-16(20)17(21)10-14/h6-11H,5H2,1-4H3. The van der Waals surface area contributed by atoms with Gasteiger partial charge in [0.25, 0.3) is 0 Å². The predicted molar refractivity (Wildman–Crippen MR) is 104 cm³/mol. The van der Waals surface area contributed by atoms with Crippen molar-refractivity contribution in [2.24, 2.45) is 4.99 Å². The first-order valence-electron chi connectivity index (χ1n) is 7.84. The quantitative estimate of drug-likeness (QED) is 0.301. The number of rotatable bonds is 5. The zero-order valence-electron chi connectivity index (χ0n) is 14.6. The van der Waals surface area contributed by atoms with E-state index >= 15 is 0 Å². The molecular weight excluding hydrogens is 359 g/mol. The van der Waals surface area contributed by atoms with Gasteiger partial charge in [0.1, 0.15) is 5.75 Å². The van der Waals surface area contributed by atoms with Crippen molar-refractivity contribution in [1.29, 1.82) is 0 Å². The van der Waals surface area contributed by atoms with Gasteiger partial charge in [-0.3, -0.25) is 0 Å². The number of esters is 1. The number of halogens is 2. The molecule has 0 aromatic heterocycles. The number of aliphatic imine (C=N–C) groups is 1. The van der Waals surface area contributed by atoms with Crippen molar-refractivity contribution < 1.29 is 9.53 Å². The van der Waals surface area contributed by atoms with Crippen molar-refractivity contribution in [1.82, 2.24) is 4.90 Å². The van der Waals surface area contributed by atoms with Gasteiger partial charge in [-0.15, -0.1) is 0 Å². The lowest BCUT2D eigenvalue weighted by atomic mass is 10.0. The van der Waals surface area contributed by atoms with Crippen molar-refractivity contribution in [2.45, 2.75) is 20.8 Å². The zero-order valence-corrected chi connectivity index (χ0v) is 16.1. The van der Waals surface area contributed by atoms with Crippen LogP contribution in [0.1, 0.15) is 28.4 Å². The molecule has 0 saturated heterocycles. The van der Waals surface area contributed by atoms with Crippen LogP contribution in [0.3, 0.4) is 0 Å². The molecule has 0 aliphatic heterocycles. The molecular formula is C19H20Cl2N2O2. The molecule has 0 unspecified atom stereocenters. The van der Waals surface area contributed by atoms with Crippen molar-refractivity contribution in [3.05, 3.63) is 57.1 Å². The number of nitrogens with zero attached hydrogens (tertiary/aromatic N) is 2. The lowest BCUT2D eigenvalue weighted by molar-refractivity contribution is 0.0734. The van der Waals surface area contributed by atoms with Crippen molar-refractivity contribution >= 4 is 41.2 Å². The molecule has 4 nitrogen and oxygen atoms in total. The Balaban J connectivity index is 2.24. The zero-order chi connectivity index (χ0) is 18.6. The molecule has 0 atom stereocenters. The minimum Gasteiger partial charge on any atom is -0.423 e. The Kier molecular flexibility index (Phi) is 6.45. The van der Waals surface area contributed by atoms with Crippen LogP contribution < -0.4 is 4.74 Å². The summed E-state index contributed by atoms with van der Waals surface area (Å²) in [5.41, 5.74) is 3.00. The van der Waals surface area contributed by atoms with E-state index in [1.165, 1.54) is 6.07 Å². The van der Waals surface area contributed by atoms with Gasteiger partial charge in [0.15, 0.2) is 0 Å². The number of hydrogen-bond acceptors (Lipinski definition) is 3. The van der Waals surface area contributed by atoms with Crippen LogP contribution in [0, 0.1) is 13.8 Å². The minimum absolute atomic E-state index is 0.338. The molecule has 6 heteroatoms. The van der Waals surface area contributed by atoms with E-state index in [1.807, 2.05) is 38.8 Å². The molecule has 0 aliphatic rings. The molecule has 0 radical (unpaired) electrons. The first-order valence-corrected chi connectivity index (χ1v) is 8.60. The van der Waals surface area contributed by atoms with Crippen molar-refractivity contribution in [3.63, 3.8) is 0 Å². The Bertz CT molecular complexity index is 819. The monoisotopic (exact) mass is 378 g/mol. The third-order valence-corrected chi connectivity index (χ3v) is 4.50. The summed E-state index contributed by atoms with van der Waals surface area (Å²) in [4.78, 5) is 18.9. The molecule has 0 saturated carbocycles. The average molecular weight is 379 g/mol. The molecule has 0 amide bonds. The number of hydrogen-bond donors (Lipinski definition) is 0. The Morgan fingerprint density at radius 3 is 2.52 bits per heavy atom. The van der Waals surface area contributed by atoms with Gasteiger partial charge < -0.3 is 9.64 Å². The molecule has 0 fully saturated rings. The van der Waals surface area contributed by atoms with Gasteiger partial charge in [0.05, 0.1) is 27.6 Å². The summed E-state index contributed by atoms with van der Waals surface area (Å²) in [6.45, 7) is 6.68. The Morgan fingerprint density at radius 2 is 1.88 bits per heavy atom. The van der Waals surface area contributed by atoms with Gasteiger partial charge in [-0.1, -0.05) is 23.2 Å². The van der Waals surface area contributed by atoms with Crippen LogP contribution in [0.4, 0.5) is 5.69 Å². The van der Waals surface area contributed by atoms with E-state index in [1.54, 1.807) is 24.5 Å². The fourth-order valence-electron chi connectivity index (χ4n) is 2.10. The van der Waals surface area contributed by atoms with Crippen LogP contribution in [-0.4, -0.2) is 30.8 Å². The van der Waals surface area contributed by atoms with E-state index in [2.05, 4.69) is 4.99 Å². The van der Waals surface area contributed by atoms with Gasteiger partial charge in [-0.2, -0.15) is 0 Å². The maximum Gasteiger partial charge on any atom is 0.343 e. The normalized spacial score (nSPS) is 11.0. The highest BCUT2D eigenvalue weighted by atomic mass is 35.5. The second-order valence-corrected chi connectivity index (χ2v) is 6.55. The number of ether oxygens (including phenoxy) is 1. The van der Waals surface area contributed by atoms with Crippen LogP contribution in [0.15, 0.2) is 35.3 Å². The third kappa shape index (κ3) is 4.97.